The molecule has 0 aliphatic carbocycles. The minimum Gasteiger partial charge on any atom is -0.355 e. The molecule has 0 radical (unpaired) electrons. The van der Waals surface area contributed by atoms with Crippen molar-refractivity contribution in [3.63, 3.8) is 0 Å². The Labute approximate surface area is 159 Å². The minimum absolute atomic E-state index is 0.189. The Kier molecular flexibility index (Phi) is 6.02. The molecule has 1 aliphatic rings. The number of aromatic nitrogens is 2. The highest BCUT2D eigenvalue weighted by Crippen LogP contribution is 2.21. The van der Waals surface area contributed by atoms with E-state index in [1.54, 1.807) is 30.7 Å². The second-order valence-electron chi connectivity index (χ2n) is 6.55. The predicted octanol–water partition coefficient (Wildman–Crippen LogP) is 1.63. The second-order valence-corrected chi connectivity index (χ2v) is 8.32. The number of rotatable bonds is 6. The van der Waals surface area contributed by atoms with E-state index >= 15 is 0 Å². The summed E-state index contributed by atoms with van der Waals surface area (Å²) in [7, 11) is -3.57. The number of hydrogen-bond acceptors (Lipinski definition) is 6. The van der Waals surface area contributed by atoms with Gasteiger partial charge in [0.25, 0.3) is 0 Å². The van der Waals surface area contributed by atoms with Gasteiger partial charge in [0.05, 0.1) is 11.1 Å². The zero-order valence-electron chi connectivity index (χ0n) is 15.1. The van der Waals surface area contributed by atoms with Gasteiger partial charge in [0.2, 0.25) is 15.9 Å². The minimum atomic E-state index is -3.57. The monoisotopic (exact) mass is 389 g/mol. The second kappa shape index (κ2) is 8.45. The zero-order valence-corrected chi connectivity index (χ0v) is 15.9. The average molecular weight is 389 g/mol. The fourth-order valence-corrected chi connectivity index (χ4v) is 4.17. The van der Waals surface area contributed by atoms with Crippen molar-refractivity contribution in [1.29, 1.82) is 0 Å². The van der Waals surface area contributed by atoms with Gasteiger partial charge >= 0.3 is 0 Å². The highest BCUT2D eigenvalue weighted by Gasteiger charge is 2.22. The molecule has 27 heavy (non-hydrogen) atoms. The number of nitrogens with one attached hydrogen (secondary N) is 2. The molecule has 1 amide bonds. The largest absolute Gasteiger partial charge is 0.355 e. The lowest BCUT2D eigenvalue weighted by Crippen LogP contribution is -2.39. The van der Waals surface area contributed by atoms with Crippen LogP contribution in [0.3, 0.4) is 0 Å². The number of amides is 1. The molecule has 1 fully saturated rings. The van der Waals surface area contributed by atoms with Crippen LogP contribution in [0.2, 0.25) is 0 Å². The van der Waals surface area contributed by atoms with Crippen molar-refractivity contribution in [3.8, 4) is 0 Å². The lowest BCUT2D eigenvalue weighted by Gasteiger charge is -2.32. The van der Waals surface area contributed by atoms with Gasteiger partial charge in [-0.2, -0.15) is 0 Å². The molecule has 9 heteroatoms. The molecule has 1 aromatic carbocycles. The van der Waals surface area contributed by atoms with Gasteiger partial charge in [-0.3, -0.25) is 9.78 Å². The normalized spacial score (nSPS) is 15.5. The maximum atomic E-state index is 12.5. The van der Waals surface area contributed by atoms with Gasteiger partial charge < -0.3 is 10.2 Å². The van der Waals surface area contributed by atoms with Crippen LogP contribution in [0.25, 0.3) is 0 Å². The zero-order chi connectivity index (χ0) is 19.3. The van der Waals surface area contributed by atoms with E-state index in [1.807, 2.05) is 0 Å². The predicted molar refractivity (Wildman–Crippen MR) is 103 cm³/mol. The van der Waals surface area contributed by atoms with Crippen LogP contribution in [0.15, 0.2) is 47.8 Å². The number of sulfonamides is 1. The van der Waals surface area contributed by atoms with E-state index in [9.17, 15) is 13.2 Å². The molecule has 0 atom stereocenters. The van der Waals surface area contributed by atoms with Gasteiger partial charge in [-0.05, 0) is 43.0 Å². The first kappa shape index (κ1) is 19.2. The van der Waals surface area contributed by atoms with Gasteiger partial charge in [0.1, 0.15) is 5.82 Å². The number of hydrogen-bond donors (Lipinski definition) is 2. The number of piperidine rings is 1. The molecule has 2 heterocycles. The fraction of sp³-hybridized carbons (Fsp3) is 0.389. The first-order chi connectivity index (χ1) is 12.9. The Bertz CT molecular complexity index is 864. The van der Waals surface area contributed by atoms with Crippen LogP contribution in [-0.2, 0) is 14.8 Å². The van der Waals surface area contributed by atoms with E-state index in [4.69, 9.17) is 0 Å². The molecule has 144 valence electrons. The highest BCUT2D eigenvalue weighted by molar-refractivity contribution is 7.89. The van der Waals surface area contributed by atoms with Crippen molar-refractivity contribution < 1.29 is 13.2 Å². The standard InChI is InChI=1S/C18H23N5O3S/c1-14(24)22-16-2-4-17(5-3-16)27(25,26)21-12-15-6-10-23(11-7-15)18-13-19-8-9-20-18/h2-5,8-9,13,15,21H,6-7,10-12H2,1H3,(H,22,24). The fourth-order valence-electron chi connectivity index (χ4n) is 3.05. The SMILES string of the molecule is CC(=O)Nc1ccc(S(=O)(=O)NCC2CCN(c3cnccn3)CC2)cc1. The quantitative estimate of drug-likeness (QED) is 0.778. The van der Waals surface area contributed by atoms with E-state index in [1.165, 1.54) is 19.1 Å². The van der Waals surface area contributed by atoms with Crippen molar-refractivity contribution in [1.82, 2.24) is 14.7 Å². The number of carbonyl (C=O) groups excluding carboxylic acids is 1. The van der Waals surface area contributed by atoms with Crippen LogP contribution >= 0.6 is 0 Å². The smallest absolute Gasteiger partial charge is 0.240 e. The third kappa shape index (κ3) is 5.24. The third-order valence-corrected chi connectivity index (χ3v) is 5.97. The van der Waals surface area contributed by atoms with Gasteiger partial charge in [-0.15, -0.1) is 0 Å². The molecule has 3 rings (SSSR count). The maximum Gasteiger partial charge on any atom is 0.240 e. The lowest BCUT2D eigenvalue weighted by molar-refractivity contribution is -0.114. The molecule has 0 saturated carbocycles. The molecule has 0 bridgehead atoms. The van der Waals surface area contributed by atoms with Crippen LogP contribution in [0.5, 0.6) is 0 Å². The number of carbonyl (C=O) groups is 1. The van der Waals surface area contributed by atoms with Crippen LogP contribution in [0.4, 0.5) is 11.5 Å². The third-order valence-electron chi connectivity index (χ3n) is 4.54. The van der Waals surface area contributed by atoms with Gasteiger partial charge in [0, 0.05) is 44.6 Å². The number of nitrogens with zero attached hydrogens (tertiary/aromatic N) is 3. The topological polar surface area (TPSA) is 104 Å². The molecule has 0 unspecified atom stereocenters. The molecule has 8 nitrogen and oxygen atoms in total. The van der Waals surface area contributed by atoms with Crippen molar-refractivity contribution in [2.75, 3.05) is 29.9 Å². The van der Waals surface area contributed by atoms with E-state index in [0.717, 1.165) is 31.7 Å². The average Bonchev–Trinajstić information content (AvgIpc) is 2.67. The summed E-state index contributed by atoms with van der Waals surface area (Å²) in [4.78, 5) is 21.8. The molecule has 2 aromatic rings. The molecule has 1 aliphatic heterocycles. The Morgan fingerprint density at radius 2 is 1.89 bits per heavy atom. The van der Waals surface area contributed by atoms with E-state index in [0.29, 0.717) is 12.2 Å². The van der Waals surface area contributed by atoms with Crippen molar-refractivity contribution >= 4 is 27.4 Å². The summed E-state index contributed by atoms with van der Waals surface area (Å²) in [5.74, 6) is 0.943. The van der Waals surface area contributed by atoms with Crippen molar-refractivity contribution in [3.05, 3.63) is 42.9 Å². The van der Waals surface area contributed by atoms with Crippen LogP contribution in [0, 0.1) is 5.92 Å². The van der Waals surface area contributed by atoms with Gasteiger partial charge in [-0.25, -0.2) is 18.1 Å². The molecule has 0 spiro atoms. The van der Waals surface area contributed by atoms with Gasteiger partial charge in [0.15, 0.2) is 0 Å². The van der Waals surface area contributed by atoms with Gasteiger partial charge in [-0.1, -0.05) is 0 Å². The maximum absolute atomic E-state index is 12.5. The van der Waals surface area contributed by atoms with Crippen molar-refractivity contribution in [2.45, 2.75) is 24.7 Å². The Morgan fingerprint density at radius 3 is 2.48 bits per heavy atom. The van der Waals surface area contributed by atoms with Crippen molar-refractivity contribution in [2.24, 2.45) is 5.92 Å². The highest BCUT2D eigenvalue weighted by atomic mass is 32.2. The lowest BCUT2D eigenvalue weighted by atomic mass is 9.97. The Hall–Kier alpha value is -2.52. The summed E-state index contributed by atoms with van der Waals surface area (Å²) < 4.78 is 27.6. The summed E-state index contributed by atoms with van der Waals surface area (Å²) in [5, 5.41) is 2.62. The molecular weight excluding hydrogens is 366 g/mol. The summed E-state index contributed by atoms with van der Waals surface area (Å²) in [5.41, 5.74) is 0.567. The molecule has 1 aromatic heterocycles. The van der Waals surface area contributed by atoms with Crippen LogP contribution in [-0.4, -0.2) is 43.9 Å². The number of benzene rings is 1. The van der Waals surface area contributed by atoms with E-state index in [2.05, 4.69) is 24.9 Å². The molecule has 2 N–H and O–H groups in total. The molecule has 1 saturated heterocycles. The van der Waals surface area contributed by atoms with Crippen LogP contribution in [0.1, 0.15) is 19.8 Å². The first-order valence-corrected chi connectivity index (χ1v) is 10.3. The Morgan fingerprint density at radius 1 is 1.19 bits per heavy atom. The Balaban J connectivity index is 1.51. The summed E-state index contributed by atoms with van der Waals surface area (Å²) in [6.45, 7) is 3.47. The molecular formula is C18H23N5O3S. The number of anilines is 2. The van der Waals surface area contributed by atoms with Crippen LogP contribution < -0.4 is 14.9 Å². The summed E-state index contributed by atoms with van der Waals surface area (Å²) >= 11 is 0. The first-order valence-electron chi connectivity index (χ1n) is 8.82. The van der Waals surface area contributed by atoms with E-state index < -0.39 is 10.0 Å². The summed E-state index contributed by atoms with van der Waals surface area (Å²) in [6.07, 6.45) is 6.84. The summed E-state index contributed by atoms with van der Waals surface area (Å²) in [6, 6.07) is 6.14. The van der Waals surface area contributed by atoms with E-state index in [-0.39, 0.29) is 16.7 Å².